The lowest BCUT2D eigenvalue weighted by molar-refractivity contribution is 0.535. The Kier molecular flexibility index (Phi) is 4.84. The summed E-state index contributed by atoms with van der Waals surface area (Å²) in [5.41, 5.74) is 0. The molecule has 3 rings (SSSR count). The minimum Gasteiger partial charge on any atom is -0.248 e. The fourth-order valence-corrected chi connectivity index (χ4v) is 5.94. The van der Waals surface area contributed by atoms with Crippen LogP contribution in [0.15, 0.2) is 50.4 Å². The number of thiophene rings is 1. The lowest BCUT2D eigenvalue weighted by Crippen LogP contribution is -2.22. The highest BCUT2D eigenvalue weighted by Gasteiger charge is 2.20. The fraction of sp³-hybridized carbons (Fsp3) is 0.267. The molecule has 1 aromatic heterocycles. The first-order chi connectivity index (χ1) is 10.7. The van der Waals surface area contributed by atoms with Crippen LogP contribution < -0.4 is 0 Å². The summed E-state index contributed by atoms with van der Waals surface area (Å²) in [5.74, 6) is 0. The highest BCUT2D eigenvalue weighted by molar-refractivity contribution is 7.87. The zero-order valence-corrected chi connectivity index (χ0v) is 14.2. The van der Waals surface area contributed by atoms with Gasteiger partial charge in [-0.15, -0.1) is 11.3 Å². The molecule has 22 heavy (non-hydrogen) atoms. The van der Waals surface area contributed by atoms with Gasteiger partial charge in [0.05, 0.1) is 19.9 Å². The van der Waals surface area contributed by atoms with Crippen molar-refractivity contribution in [1.29, 1.82) is 5.26 Å². The Balaban J connectivity index is 1.85. The van der Waals surface area contributed by atoms with Crippen molar-refractivity contribution in [2.24, 2.45) is 0 Å². The molecule has 0 saturated carbocycles. The van der Waals surface area contributed by atoms with Crippen LogP contribution in [0.25, 0.3) is 0 Å². The van der Waals surface area contributed by atoms with Gasteiger partial charge in [0.15, 0.2) is 0 Å². The molecule has 0 aliphatic carbocycles. The molecule has 1 saturated heterocycles. The van der Waals surface area contributed by atoms with E-state index in [0.29, 0.717) is 18.9 Å². The molecule has 4 nitrogen and oxygen atoms in total. The van der Waals surface area contributed by atoms with E-state index >= 15 is 0 Å². The number of hydrogen-bond donors (Lipinski definition) is 0. The summed E-state index contributed by atoms with van der Waals surface area (Å²) in [5, 5.41) is 8.86. The Labute approximate surface area is 138 Å². The predicted molar refractivity (Wildman–Crippen MR) is 87.4 cm³/mol. The van der Waals surface area contributed by atoms with E-state index in [4.69, 9.17) is 5.26 Å². The molecule has 7 heteroatoms. The summed E-state index contributed by atoms with van der Waals surface area (Å²) in [6.07, 6.45) is 2.15. The molecule has 1 fully saturated rings. The fourth-order valence-electron chi connectivity index (χ4n) is 2.30. The number of nitrogens with zero attached hydrogens (tertiary/aromatic N) is 2. The molecule has 114 valence electrons. The van der Waals surface area contributed by atoms with Crippen LogP contribution in [0, 0.1) is 11.3 Å². The Morgan fingerprint density at radius 3 is 2.50 bits per heavy atom. The first-order valence-electron chi connectivity index (χ1n) is 6.87. The van der Waals surface area contributed by atoms with Gasteiger partial charge in [-0.3, -0.25) is 0 Å². The van der Waals surface area contributed by atoms with E-state index in [2.05, 4.69) is 0 Å². The molecule has 1 aliphatic rings. The minimum atomic E-state index is -1.34. The van der Waals surface area contributed by atoms with E-state index in [1.165, 1.54) is 11.3 Å². The van der Waals surface area contributed by atoms with Crippen molar-refractivity contribution in [3.05, 3.63) is 41.3 Å². The normalized spacial score (nSPS) is 18.0. The van der Waals surface area contributed by atoms with Crippen LogP contribution in [0.4, 0.5) is 0 Å². The van der Waals surface area contributed by atoms with Crippen LogP contribution >= 0.6 is 11.3 Å². The topological polar surface area (TPSA) is 61.2 Å². The molecular weight excluding hydrogens is 336 g/mol. The quantitative estimate of drug-likeness (QED) is 0.852. The second kappa shape index (κ2) is 6.84. The van der Waals surface area contributed by atoms with E-state index in [1.54, 1.807) is 30.3 Å². The Morgan fingerprint density at radius 1 is 1.09 bits per heavy atom. The van der Waals surface area contributed by atoms with Gasteiger partial charge in [0, 0.05) is 18.0 Å². The van der Waals surface area contributed by atoms with E-state index in [-0.39, 0.29) is 0 Å². The average molecular weight is 350 g/mol. The maximum absolute atomic E-state index is 12.6. The summed E-state index contributed by atoms with van der Waals surface area (Å²) < 4.78 is 27.7. The summed E-state index contributed by atoms with van der Waals surface area (Å²) in [6, 6.07) is 12.5. The molecule has 0 amide bonds. The van der Waals surface area contributed by atoms with Crippen molar-refractivity contribution in [3.63, 3.8) is 0 Å². The third-order valence-corrected chi connectivity index (χ3v) is 7.56. The van der Waals surface area contributed by atoms with Gasteiger partial charge in [-0.25, -0.2) is 12.7 Å². The van der Waals surface area contributed by atoms with Crippen LogP contribution in [0.5, 0.6) is 0 Å². The van der Waals surface area contributed by atoms with Gasteiger partial charge >= 0.3 is 0 Å². The van der Waals surface area contributed by atoms with Crippen molar-refractivity contribution in [2.75, 3.05) is 13.1 Å². The Morgan fingerprint density at radius 2 is 1.82 bits per heavy atom. The summed E-state index contributed by atoms with van der Waals surface area (Å²) in [7, 11) is -2.53. The van der Waals surface area contributed by atoms with Crippen molar-refractivity contribution in [3.8, 4) is 6.07 Å². The second-order valence-electron chi connectivity index (χ2n) is 4.86. The zero-order chi connectivity index (χ0) is 15.5. The molecule has 2 unspecified atom stereocenters. The van der Waals surface area contributed by atoms with E-state index in [9.17, 15) is 8.42 Å². The summed E-state index contributed by atoms with van der Waals surface area (Å²) in [6.45, 7) is 1.69. The SMILES string of the molecule is N#Cc1ccc(S(=O)c2cccc(S(=O)N3CCCC3)c2)s1. The number of rotatable bonds is 4. The molecule has 0 radical (unpaired) electrons. The molecule has 2 aromatic rings. The number of hydrogen-bond acceptors (Lipinski definition) is 4. The zero-order valence-electron chi connectivity index (χ0n) is 11.7. The lowest BCUT2D eigenvalue weighted by atomic mass is 10.4. The van der Waals surface area contributed by atoms with E-state index < -0.39 is 21.8 Å². The molecule has 0 bridgehead atoms. The third-order valence-electron chi connectivity index (χ3n) is 3.40. The van der Waals surface area contributed by atoms with Gasteiger partial charge in [0.2, 0.25) is 0 Å². The van der Waals surface area contributed by atoms with Gasteiger partial charge in [-0.05, 0) is 43.2 Å². The second-order valence-corrected chi connectivity index (χ2v) is 9.14. The third kappa shape index (κ3) is 3.20. The van der Waals surface area contributed by atoms with E-state index in [1.807, 2.05) is 16.4 Å². The maximum Gasteiger partial charge on any atom is 0.127 e. The Bertz CT molecular complexity index is 773. The molecule has 2 heterocycles. The first-order valence-corrected chi connectivity index (χ1v) is 9.95. The lowest BCUT2D eigenvalue weighted by Gasteiger charge is -2.14. The van der Waals surface area contributed by atoms with Crippen molar-refractivity contribution < 1.29 is 8.42 Å². The van der Waals surface area contributed by atoms with Gasteiger partial charge in [-0.2, -0.15) is 5.26 Å². The average Bonchev–Trinajstić information content (AvgIpc) is 3.24. The van der Waals surface area contributed by atoms with Gasteiger partial charge in [-0.1, -0.05) is 6.07 Å². The minimum absolute atomic E-state index is 0.542. The van der Waals surface area contributed by atoms with Crippen LogP contribution in [-0.2, 0) is 21.8 Å². The molecule has 1 aromatic carbocycles. The highest BCUT2D eigenvalue weighted by atomic mass is 32.2. The van der Waals surface area contributed by atoms with Crippen LogP contribution in [0.3, 0.4) is 0 Å². The summed E-state index contributed by atoms with van der Waals surface area (Å²) in [4.78, 5) is 1.85. The molecule has 0 spiro atoms. The standard InChI is InChI=1S/C15H14N2O2S3/c16-11-12-6-7-15(20-12)21(18)13-4-3-5-14(10-13)22(19)17-8-1-2-9-17/h3-7,10H,1-2,8-9H2. The largest absolute Gasteiger partial charge is 0.248 e. The molecule has 0 N–H and O–H groups in total. The molecule has 2 atom stereocenters. The van der Waals surface area contributed by atoms with Crippen LogP contribution in [0.2, 0.25) is 0 Å². The molecular formula is C15H14N2O2S3. The predicted octanol–water partition coefficient (Wildman–Crippen LogP) is 2.90. The van der Waals surface area contributed by atoms with Gasteiger partial charge in [0.1, 0.15) is 21.9 Å². The van der Waals surface area contributed by atoms with Crippen molar-refractivity contribution >= 4 is 33.1 Å². The smallest absolute Gasteiger partial charge is 0.127 e. The molecule has 1 aliphatic heterocycles. The number of benzene rings is 1. The van der Waals surface area contributed by atoms with Gasteiger partial charge in [0.25, 0.3) is 0 Å². The van der Waals surface area contributed by atoms with Gasteiger partial charge < -0.3 is 0 Å². The Hall–Kier alpha value is -1.33. The first kappa shape index (κ1) is 15.6. The van der Waals surface area contributed by atoms with Crippen molar-refractivity contribution in [2.45, 2.75) is 26.8 Å². The van der Waals surface area contributed by atoms with E-state index in [0.717, 1.165) is 25.9 Å². The van der Waals surface area contributed by atoms with Crippen LogP contribution in [0.1, 0.15) is 17.7 Å². The van der Waals surface area contributed by atoms with Crippen LogP contribution in [-0.4, -0.2) is 25.8 Å². The monoisotopic (exact) mass is 350 g/mol. The highest BCUT2D eigenvalue weighted by Crippen LogP contribution is 2.26. The maximum atomic E-state index is 12.6. The number of nitriles is 1. The summed E-state index contributed by atoms with van der Waals surface area (Å²) >= 11 is 1.23. The van der Waals surface area contributed by atoms with Crippen molar-refractivity contribution in [1.82, 2.24) is 4.31 Å².